The van der Waals surface area contributed by atoms with Crippen LogP contribution in [-0.2, 0) is 11.3 Å². The van der Waals surface area contributed by atoms with Gasteiger partial charge in [-0.25, -0.2) is 0 Å². The van der Waals surface area contributed by atoms with Crippen molar-refractivity contribution in [2.24, 2.45) is 0 Å². The number of hydrogen-bond donors (Lipinski definition) is 1. The maximum Gasteiger partial charge on any atom is 0.221 e. The third-order valence-electron chi connectivity index (χ3n) is 4.14. The fourth-order valence-electron chi connectivity index (χ4n) is 2.53. The van der Waals surface area contributed by atoms with Gasteiger partial charge in [-0.05, 0) is 38.2 Å². The molecule has 0 spiro atoms. The van der Waals surface area contributed by atoms with E-state index in [0.717, 1.165) is 13.1 Å². The fourth-order valence-corrected chi connectivity index (χ4v) is 2.53. The standard InChI is InChI=1S/C17H24N2O/c1-13-2-4-14(5-3-13)12-19(16-8-9-16)11-10-17(20)18-15-6-7-15/h2-5,15-16H,6-12H2,1H3,(H,18,20). The zero-order valence-corrected chi connectivity index (χ0v) is 12.3. The molecular weight excluding hydrogens is 248 g/mol. The molecule has 1 amide bonds. The predicted molar refractivity (Wildman–Crippen MR) is 80.4 cm³/mol. The number of amides is 1. The Bertz CT molecular complexity index is 460. The highest BCUT2D eigenvalue weighted by molar-refractivity contribution is 5.76. The summed E-state index contributed by atoms with van der Waals surface area (Å²) in [5.41, 5.74) is 2.65. The van der Waals surface area contributed by atoms with E-state index in [9.17, 15) is 4.79 Å². The van der Waals surface area contributed by atoms with Gasteiger partial charge in [0.05, 0.1) is 0 Å². The summed E-state index contributed by atoms with van der Waals surface area (Å²) >= 11 is 0. The Hall–Kier alpha value is -1.35. The van der Waals surface area contributed by atoms with Crippen molar-refractivity contribution in [3.05, 3.63) is 35.4 Å². The lowest BCUT2D eigenvalue weighted by Crippen LogP contribution is -2.32. The predicted octanol–water partition coefficient (Wildman–Crippen LogP) is 2.63. The Morgan fingerprint density at radius 1 is 1.20 bits per heavy atom. The summed E-state index contributed by atoms with van der Waals surface area (Å²) < 4.78 is 0. The van der Waals surface area contributed by atoms with Crippen molar-refractivity contribution in [1.82, 2.24) is 10.2 Å². The Morgan fingerprint density at radius 2 is 1.90 bits per heavy atom. The summed E-state index contributed by atoms with van der Waals surface area (Å²) in [6.45, 7) is 3.98. The molecule has 1 N–H and O–H groups in total. The normalized spacial score (nSPS) is 18.3. The van der Waals surface area contributed by atoms with Crippen molar-refractivity contribution in [3.8, 4) is 0 Å². The van der Waals surface area contributed by atoms with Crippen molar-refractivity contribution in [2.45, 2.75) is 57.7 Å². The lowest BCUT2D eigenvalue weighted by molar-refractivity contribution is -0.121. The number of carbonyl (C=O) groups excluding carboxylic acids is 1. The van der Waals surface area contributed by atoms with Gasteiger partial charge < -0.3 is 5.32 Å². The minimum Gasteiger partial charge on any atom is -0.353 e. The van der Waals surface area contributed by atoms with E-state index >= 15 is 0 Å². The van der Waals surface area contributed by atoms with Gasteiger partial charge in [0.2, 0.25) is 5.91 Å². The van der Waals surface area contributed by atoms with Crippen molar-refractivity contribution in [1.29, 1.82) is 0 Å². The highest BCUT2D eigenvalue weighted by Gasteiger charge is 2.29. The second kappa shape index (κ2) is 5.96. The van der Waals surface area contributed by atoms with E-state index in [1.165, 1.54) is 36.8 Å². The summed E-state index contributed by atoms with van der Waals surface area (Å²) in [5.74, 6) is 0.224. The lowest BCUT2D eigenvalue weighted by atomic mass is 10.1. The van der Waals surface area contributed by atoms with Gasteiger partial charge in [0.15, 0.2) is 0 Å². The number of nitrogens with one attached hydrogen (secondary N) is 1. The molecule has 0 aliphatic heterocycles. The number of hydrogen-bond acceptors (Lipinski definition) is 2. The van der Waals surface area contributed by atoms with Crippen LogP contribution in [-0.4, -0.2) is 29.4 Å². The molecule has 0 aromatic heterocycles. The van der Waals surface area contributed by atoms with E-state index in [1.54, 1.807) is 0 Å². The van der Waals surface area contributed by atoms with E-state index in [1.807, 2.05) is 0 Å². The highest BCUT2D eigenvalue weighted by atomic mass is 16.1. The quantitative estimate of drug-likeness (QED) is 0.827. The first-order chi connectivity index (χ1) is 9.70. The van der Waals surface area contributed by atoms with E-state index in [0.29, 0.717) is 18.5 Å². The molecular formula is C17H24N2O. The molecule has 3 nitrogen and oxygen atoms in total. The maximum atomic E-state index is 11.8. The van der Waals surface area contributed by atoms with Crippen LogP contribution in [0.4, 0.5) is 0 Å². The van der Waals surface area contributed by atoms with Gasteiger partial charge in [-0.15, -0.1) is 0 Å². The molecule has 3 heteroatoms. The van der Waals surface area contributed by atoms with E-state index < -0.39 is 0 Å². The van der Waals surface area contributed by atoms with Gasteiger partial charge in [0.25, 0.3) is 0 Å². The highest BCUT2D eigenvalue weighted by Crippen LogP contribution is 2.28. The monoisotopic (exact) mass is 272 g/mol. The molecule has 0 radical (unpaired) electrons. The lowest BCUT2D eigenvalue weighted by Gasteiger charge is -2.22. The van der Waals surface area contributed by atoms with E-state index in [-0.39, 0.29) is 5.91 Å². The van der Waals surface area contributed by atoms with Crippen LogP contribution in [0.2, 0.25) is 0 Å². The van der Waals surface area contributed by atoms with Gasteiger partial charge in [-0.1, -0.05) is 29.8 Å². The molecule has 2 aliphatic rings. The summed E-state index contributed by atoms with van der Waals surface area (Å²) in [5, 5.41) is 3.07. The molecule has 0 atom stereocenters. The molecule has 3 rings (SSSR count). The van der Waals surface area contributed by atoms with Crippen LogP contribution < -0.4 is 5.32 Å². The van der Waals surface area contributed by atoms with Crippen molar-refractivity contribution < 1.29 is 4.79 Å². The second-order valence-electron chi connectivity index (χ2n) is 6.28. The van der Waals surface area contributed by atoms with Crippen LogP contribution in [0.25, 0.3) is 0 Å². The van der Waals surface area contributed by atoms with Crippen molar-refractivity contribution in [3.63, 3.8) is 0 Å². The Balaban J connectivity index is 1.49. The summed E-state index contributed by atoms with van der Waals surface area (Å²) in [6, 6.07) is 9.92. The molecule has 0 unspecified atom stereocenters. The SMILES string of the molecule is Cc1ccc(CN(CCC(=O)NC2CC2)C2CC2)cc1. The number of rotatable bonds is 7. The van der Waals surface area contributed by atoms with E-state index in [2.05, 4.69) is 41.4 Å². The molecule has 0 bridgehead atoms. The first-order valence-electron chi connectivity index (χ1n) is 7.79. The Morgan fingerprint density at radius 3 is 2.50 bits per heavy atom. The van der Waals surface area contributed by atoms with Gasteiger partial charge >= 0.3 is 0 Å². The van der Waals surface area contributed by atoms with Crippen LogP contribution in [0.1, 0.15) is 43.2 Å². The van der Waals surface area contributed by atoms with Crippen molar-refractivity contribution >= 4 is 5.91 Å². The van der Waals surface area contributed by atoms with Crippen LogP contribution in [0, 0.1) is 6.92 Å². The first kappa shape index (κ1) is 13.6. The molecule has 1 aromatic rings. The van der Waals surface area contributed by atoms with E-state index in [4.69, 9.17) is 0 Å². The summed E-state index contributed by atoms with van der Waals surface area (Å²) in [4.78, 5) is 14.3. The first-order valence-corrected chi connectivity index (χ1v) is 7.79. The largest absolute Gasteiger partial charge is 0.353 e. The molecule has 2 fully saturated rings. The minimum atomic E-state index is 0.224. The van der Waals surface area contributed by atoms with Gasteiger partial charge in [0.1, 0.15) is 0 Å². The number of aryl methyl sites for hydroxylation is 1. The molecule has 108 valence electrons. The molecule has 0 saturated heterocycles. The molecule has 0 heterocycles. The fraction of sp³-hybridized carbons (Fsp3) is 0.588. The second-order valence-corrected chi connectivity index (χ2v) is 6.28. The van der Waals surface area contributed by atoms with Crippen LogP contribution in [0.5, 0.6) is 0 Å². The van der Waals surface area contributed by atoms with Gasteiger partial charge in [0, 0.05) is 31.6 Å². The Kier molecular flexibility index (Phi) is 4.06. The van der Waals surface area contributed by atoms with Crippen LogP contribution in [0.15, 0.2) is 24.3 Å². The average molecular weight is 272 g/mol. The zero-order valence-electron chi connectivity index (χ0n) is 12.3. The third-order valence-corrected chi connectivity index (χ3v) is 4.14. The summed E-state index contributed by atoms with van der Waals surface area (Å²) in [7, 11) is 0. The zero-order chi connectivity index (χ0) is 13.9. The van der Waals surface area contributed by atoms with Gasteiger partial charge in [-0.2, -0.15) is 0 Å². The van der Waals surface area contributed by atoms with Gasteiger partial charge in [-0.3, -0.25) is 9.69 Å². The molecule has 2 saturated carbocycles. The number of nitrogens with zero attached hydrogens (tertiary/aromatic N) is 1. The van der Waals surface area contributed by atoms with Crippen LogP contribution >= 0.6 is 0 Å². The van der Waals surface area contributed by atoms with Crippen molar-refractivity contribution in [2.75, 3.05) is 6.54 Å². The average Bonchev–Trinajstić information content (AvgIpc) is 3.29. The summed E-state index contributed by atoms with van der Waals surface area (Å²) in [6.07, 6.45) is 5.55. The molecule has 20 heavy (non-hydrogen) atoms. The molecule has 2 aliphatic carbocycles. The molecule has 1 aromatic carbocycles. The number of benzene rings is 1. The smallest absolute Gasteiger partial charge is 0.221 e. The number of carbonyl (C=O) groups is 1. The topological polar surface area (TPSA) is 32.3 Å². The van der Waals surface area contributed by atoms with Crippen LogP contribution in [0.3, 0.4) is 0 Å². The maximum absolute atomic E-state index is 11.8. The Labute approximate surface area is 121 Å². The third kappa shape index (κ3) is 4.07. The minimum absolute atomic E-state index is 0.224.